The zero-order valence-electron chi connectivity index (χ0n) is 44.3. The zero-order chi connectivity index (χ0) is 55.9. The van der Waals surface area contributed by atoms with E-state index in [1.807, 2.05) is 0 Å². The molecule has 0 saturated heterocycles. The summed E-state index contributed by atoms with van der Waals surface area (Å²) in [6.45, 7) is 5.49. The number of hydrogen-bond acceptors (Lipinski definition) is 24. The fourth-order valence-corrected chi connectivity index (χ4v) is 9.48. The van der Waals surface area contributed by atoms with Crippen molar-refractivity contribution in [3.05, 3.63) is 119 Å². The van der Waals surface area contributed by atoms with Gasteiger partial charge in [-0.25, -0.2) is 53.6 Å². The van der Waals surface area contributed by atoms with Crippen LogP contribution in [0.15, 0.2) is 124 Å². The van der Waals surface area contributed by atoms with Crippen molar-refractivity contribution in [1.29, 1.82) is 0 Å². The monoisotopic (exact) mass is 1220 g/mol. The average molecular weight is 1220 g/mol. The molecule has 0 fully saturated rings. The van der Waals surface area contributed by atoms with Gasteiger partial charge in [-0.05, 0) is 99.5 Å². The van der Waals surface area contributed by atoms with Crippen LogP contribution >= 0.6 is 0 Å². The van der Waals surface area contributed by atoms with Gasteiger partial charge in [-0.1, -0.05) is 36.4 Å². The van der Waals surface area contributed by atoms with Crippen LogP contribution in [0.3, 0.4) is 0 Å². The number of anilines is 2. The van der Waals surface area contributed by atoms with Crippen LogP contribution in [0.25, 0.3) is 12.2 Å². The van der Waals surface area contributed by atoms with Gasteiger partial charge >= 0.3 is 118 Å². The quantitative estimate of drug-likeness (QED) is 0.0200. The predicted molar refractivity (Wildman–Crippen MR) is 264 cm³/mol. The van der Waals surface area contributed by atoms with Gasteiger partial charge < -0.3 is 48.4 Å². The van der Waals surface area contributed by atoms with Crippen molar-refractivity contribution in [1.82, 2.24) is 29.9 Å². The molecule has 0 aliphatic rings. The van der Waals surface area contributed by atoms with E-state index in [2.05, 4.69) is 49.9 Å². The molecule has 408 valence electrons. The molecule has 0 spiro atoms. The molecule has 0 saturated carbocycles. The predicted octanol–water partition coefficient (Wildman–Crippen LogP) is -12.3. The second-order valence-corrected chi connectivity index (χ2v) is 22.4. The van der Waals surface area contributed by atoms with Gasteiger partial charge in [0.2, 0.25) is 34.4 Å². The molecule has 4 atom stereocenters. The Hall–Kier alpha value is -3.08. The van der Waals surface area contributed by atoms with E-state index in [1.54, 1.807) is 0 Å². The summed E-state index contributed by atoms with van der Waals surface area (Å²) in [6.07, 6.45) is -1.77. The van der Waals surface area contributed by atoms with Gasteiger partial charge in [-0.3, -0.25) is 19.9 Å². The van der Waals surface area contributed by atoms with Gasteiger partial charge in [-0.2, -0.15) is 9.97 Å². The van der Waals surface area contributed by atoms with Crippen LogP contribution in [0.4, 0.5) is 34.6 Å². The number of hydrogen-bond donors (Lipinski definition) is 8. The molecule has 0 aliphatic carbocycles. The van der Waals surface area contributed by atoms with E-state index in [-0.39, 0.29) is 213 Å². The molecular weight excluding hydrogens is 1170 g/mol. The number of nitrogens with zero attached hydrogens (tertiary/aromatic N) is 8. The molecule has 80 heavy (non-hydrogen) atoms. The average Bonchev–Trinajstić information content (AvgIpc) is 3.29. The summed E-state index contributed by atoms with van der Waals surface area (Å²) in [5.41, 5.74) is -1.98. The van der Waals surface area contributed by atoms with Crippen LogP contribution in [0.5, 0.6) is 0 Å². The van der Waals surface area contributed by atoms with E-state index in [0.717, 1.165) is 60.7 Å². The Morgan fingerprint density at radius 1 is 0.463 bits per heavy atom. The van der Waals surface area contributed by atoms with Gasteiger partial charge in [0.25, 0.3) is 0 Å². The molecule has 2 aromatic heterocycles. The van der Waals surface area contributed by atoms with E-state index in [9.17, 15) is 72.3 Å². The van der Waals surface area contributed by atoms with E-state index < -0.39 is 84.5 Å². The molecule has 0 radical (unpaired) electrons. The van der Waals surface area contributed by atoms with Crippen LogP contribution in [-0.2, 0) is 40.5 Å². The van der Waals surface area contributed by atoms with Crippen LogP contribution in [0, 0.1) is 0 Å². The van der Waals surface area contributed by atoms with Crippen molar-refractivity contribution in [3.8, 4) is 0 Å². The third kappa shape index (κ3) is 22.2. The third-order valence-electron chi connectivity index (χ3n) is 10.0. The van der Waals surface area contributed by atoms with Crippen molar-refractivity contribution >= 4 is 87.3 Å². The van der Waals surface area contributed by atoms with Crippen molar-refractivity contribution in [3.63, 3.8) is 0 Å². The van der Waals surface area contributed by atoms with Crippen molar-refractivity contribution < 1.29 is 191 Å². The van der Waals surface area contributed by atoms with Gasteiger partial charge in [0.05, 0.1) is 66.7 Å². The maximum Gasteiger partial charge on any atom is 1.00 e. The molecule has 2 heterocycles. The minimum absolute atomic E-state index is 0. The van der Waals surface area contributed by atoms with E-state index >= 15 is 0 Å². The summed E-state index contributed by atoms with van der Waals surface area (Å²) in [4.78, 5) is 37.0. The minimum Gasteiger partial charge on any atom is -0.744 e. The van der Waals surface area contributed by atoms with E-state index in [0.29, 0.717) is 0 Å². The molecule has 0 bridgehead atoms. The Balaban J connectivity index is 0.00000547. The molecule has 8 N–H and O–H groups in total. The van der Waals surface area contributed by atoms with Gasteiger partial charge in [0.15, 0.2) is 0 Å². The number of aliphatic hydroxyl groups is 4. The van der Waals surface area contributed by atoms with Crippen LogP contribution < -0.4 is 151 Å². The summed E-state index contributed by atoms with van der Waals surface area (Å²) in [6, 6.07) is 15.9. The summed E-state index contributed by atoms with van der Waals surface area (Å²) >= 11 is 0. The molecule has 0 aliphatic heterocycles. The topological polar surface area (TPSA) is 455 Å². The number of aromatic nitrogens is 6. The largest absolute Gasteiger partial charge is 1.00 e. The van der Waals surface area contributed by atoms with Crippen LogP contribution in [0.2, 0.25) is 0 Å². The second kappa shape index (κ2) is 31.2. The van der Waals surface area contributed by atoms with E-state index in [4.69, 9.17) is 0 Å². The van der Waals surface area contributed by atoms with E-state index in [1.165, 1.54) is 73.9 Å². The first-order valence-electron chi connectivity index (χ1n) is 22.2. The number of benzene rings is 4. The normalized spacial score (nSPS) is 14.5. The first-order valence-corrected chi connectivity index (χ1v) is 27.8. The first-order chi connectivity index (χ1) is 35.4. The van der Waals surface area contributed by atoms with Crippen LogP contribution in [0.1, 0.15) is 38.8 Å². The third-order valence-corrected chi connectivity index (χ3v) is 13.5. The molecule has 36 heteroatoms. The van der Waals surface area contributed by atoms with Gasteiger partial charge in [0, 0.05) is 26.2 Å². The summed E-state index contributed by atoms with van der Waals surface area (Å²) in [5, 5.41) is 40.9. The molecule has 4 aromatic carbocycles. The fourth-order valence-electron chi connectivity index (χ4n) is 7.08. The number of H-pyrrole nitrogens is 4. The summed E-state index contributed by atoms with van der Waals surface area (Å²) < 4.78 is 147. The number of rotatable bonds is 20. The zero-order valence-corrected chi connectivity index (χ0v) is 55.5. The standard InChI is InChI=1S/C44H52N12O16S4.4Na/c1-25(57)21-55(22-26(2)58)43-51-39(45-31-7-5-9-35(17-31)73(61,62)63)49-41(53-43)47-33-15-13-29(37(19-33)75(67,68)69)11-12-30-14-16-34(20-38(30)76(70,71)72)48-42-50-40(46-32-8-6-10-36(18-32)74(64,65)66)52-44(54-42)56(23-27(3)59)24-28(4)60;;;;/h5-20,25-28,57-60H,21-24H2,1-4H3,(H,61,62,63)(H,64,65,66)(H,67,68,69)(H,70,71,72)(H2,45,47,49,51,53)(H2,46,48,50,52,54);;;;/q;4*+1/p-4. The molecular formula is C44H48N12Na4O16S4. The van der Waals surface area contributed by atoms with Crippen molar-refractivity contribution in [2.75, 3.05) is 36.0 Å². The fraction of sp³-hybridized carbons (Fsp3) is 0.273. The first kappa shape index (κ1) is 73.0. The maximum absolute atomic E-state index is 12.7. The Kier molecular flexibility index (Phi) is 28.5. The number of nitrogens with one attached hydrogen (secondary N) is 4. The van der Waals surface area contributed by atoms with Gasteiger partial charge in [0.1, 0.15) is 40.5 Å². The number of aromatic amines is 4. The Morgan fingerprint density at radius 2 is 0.775 bits per heavy atom. The molecule has 6 rings (SSSR count). The molecule has 6 aromatic rings. The Morgan fingerprint density at radius 3 is 1.06 bits per heavy atom. The maximum atomic E-state index is 12.7. The van der Waals surface area contributed by atoms with Gasteiger partial charge in [-0.15, -0.1) is 0 Å². The smallest absolute Gasteiger partial charge is 0.744 e. The van der Waals surface area contributed by atoms with Crippen LogP contribution in [-0.4, -0.2) is 153 Å². The SMILES string of the molecule is CC(O)CN(CC(C)O)c1nc(=Nc2cccc(S(=O)(=O)[O-])c2)[nH]c(=Nc2ccc(C=Cc3ccc(N=c4[nH]c(N(CC(C)O)CC(C)O)nc(=Nc5cccc(S(=O)(=O)[O-])c5)[nH]4)cc3S(=O)(=O)[O-])c(S(=O)(=O)[O-])c2)[nH]1.[Na+].[Na+].[Na+].[Na+]. The molecule has 4 unspecified atom stereocenters. The Labute approximate surface area is 547 Å². The summed E-state index contributed by atoms with van der Waals surface area (Å²) in [7, 11) is -20.5. The minimum atomic E-state index is -5.34. The summed E-state index contributed by atoms with van der Waals surface area (Å²) in [5.74, 6) is -0.112. The molecule has 0 amide bonds. The Bertz CT molecular complexity index is 3660. The van der Waals surface area contributed by atoms with Crippen molar-refractivity contribution in [2.24, 2.45) is 20.0 Å². The molecule has 28 nitrogen and oxygen atoms in total. The number of aliphatic hydroxyl groups excluding tert-OH is 4. The second-order valence-electron chi connectivity index (χ2n) is 17.0. The van der Waals surface area contributed by atoms with Crippen molar-refractivity contribution in [2.45, 2.75) is 71.7 Å².